The minimum absolute atomic E-state index is 0.303. The topological polar surface area (TPSA) is 63.3 Å². The van der Waals surface area contributed by atoms with Crippen molar-refractivity contribution in [2.75, 3.05) is 0 Å². The van der Waals surface area contributed by atoms with Crippen molar-refractivity contribution in [1.82, 2.24) is 0 Å². The van der Waals surface area contributed by atoms with Gasteiger partial charge in [-0.2, -0.15) is 0 Å². The van der Waals surface area contributed by atoms with Crippen LogP contribution in [0.25, 0.3) is 0 Å². The summed E-state index contributed by atoms with van der Waals surface area (Å²) in [5.41, 5.74) is 5.53. The second kappa shape index (κ2) is 3.01. The SMILES string of the molecule is NC1CC(CCC(=O)O)C1. The fraction of sp³-hybridized carbons (Fsp3) is 0.857. The molecule has 0 aromatic carbocycles. The average molecular weight is 143 g/mol. The standard InChI is InChI=1S/C7H13NO2/c8-6-3-5(4-6)1-2-7(9)10/h5-6H,1-4,8H2,(H,9,10). The van der Waals surface area contributed by atoms with Gasteiger partial charge in [0, 0.05) is 12.5 Å². The number of carboxylic acid groups (broad SMARTS) is 1. The summed E-state index contributed by atoms with van der Waals surface area (Å²) in [5, 5.41) is 8.32. The van der Waals surface area contributed by atoms with Gasteiger partial charge in [-0.1, -0.05) is 0 Å². The van der Waals surface area contributed by atoms with E-state index >= 15 is 0 Å². The number of rotatable bonds is 3. The third-order valence-corrected chi connectivity index (χ3v) is 2.04. The number of carboxylic acids is 1. The number of aliphatic carboxylic acids is 1. The second-order valence-corrected chi connectivity index (χ2v) is 3.03. The van der Waals surface area contributed by atoms with Crippen LogP contribution in [0, 0.1) is 5.92 Å². The molecule has 1 aliphatic rings. The summed E-state index contributed by atoms with van der Waals surface area (Å²) in [5.74, 6) is -0.105. The lowest BCUT2D eigenvalue weighted by atomic mass is 9.78. The Bertz CT molecular complexity index is 130. The van der Waals surface area contributed by atoms with Crippen LogP contribution in [-0.4, -0.2) is 17.1 Å². The predicted octanol–water partition coefficient (Wildman–Crippen LogP) is 0.588. The molecular formula is C7H13NO2. The smallest absolute Gasteiger partial charge is 0.303 e. The molecule has 0 saturated heterocycles. The molecule has 0 atom stereocenters. The minimum atomic E-state index is -0.694. The second-order valence-electron chi connectivity index (χ2n) is 3.03. The molecule has 1 aliphatic carbocycles. The fourth-order valence-electron chi connectivity index (χ4n) is 1.35. The quantitative estimate of drug-likeness (QED) is 0.607. The van der Waals surface area contributed by atoms with E-state index in [1.165, 1.54) is 0 Å². The first-order valence-corrected chi connectivity index (χ1v) is 3.66. The summed E-state index contributed by atoms with van der Waals surface area (Å²) >= 11 is 0. The van der Waals surface area contributed by atoms with Crippen LogP contribution in [0.1, 0.15) is 25.7 Å². The first-order chi connectivity index (χ1) is 4.68. The van der Waals surface area contributed by atoms with Gasteiger partial charge in [-0.3, -0.25) is 4.79 Å². The summed E-state index contributed by atoms with van der Waals surface area (Å²) in [6.45, 7) is 0. The Morgan fingerprint density at radius 1 is 1.60 bits per heavy atom. The molecule has 3 N–H and O–H groups in total. The van der Waals surface area contributed by atoms with Crippen molar-refractivity contribution in [3.8, 4) is 0 Å². The van der Waals surface area contributed by atoms with Gasteiger partial charge in [-0.05, 0) is 25.2 Å². The van der Waals surface area contributed by atoms with E-state index in [0.717, 1.165) is 19.3 Å². The van der Waals surface area contributed by atoms with E-state index in [-0.39, 0.29) is 0 Å². The Kier molecular flexibility index (Phi) is 2.27. The van der Waals surface area contributed by atoms with E-state index in [4.69, 9.17) is 10.8 Å². The van der Waals surface area contributed by atoms with E-state index in [2.05, 4.69) is 0 Å². The first kappa shape index (κ1) is 7.54. The molecule has 58 valence electrons. The van der Waals surface area contributed by atoms with Crippen molar-refractivity contribution in [2.24, 2.45) is 11.7 Å². The monoisotopic (exact) mass is 143 g/mol. The summed E-state index contributed by atoms with van der Waals surface area (Å²) in [4.78, 5) is 10.1. The summed E-state index contributed by atoms with van der Waals surface area (Å²) in [6.07, 6.45) is 3.15. The molecule has 0 aromatic heterocycles. The maximum Gasteiger partial charge on any atom is 0.303 e. The van der Waals surface area contributed by atoms with Crippen LogP contribution in [0.5, 0.6) is 0 Å². The highest BCUT2D eigenvalue weighted by molar-refractivity contribution is 5.66. The van der Waals surface area contributed by atoms with Gasteiger partial charge in [0.25, 0.3) is 0 Å². The van der Waals surface area contributed by atoms with Crippen molar-refractivity contribution in [3.05, 3.63) is 0 Å². The lowest BCUT2D eigenvalue weighted by Crippen LogP contribution is -2.36. The molecule has 3 heteroatoms. The molecule has 0 aliphatic heterocycles. The number of nitrogens with two attached hydrogens (primary N) is 1. The largest absolute Gasteiger partial charge is 0.481 e. The third kappa shape index (κ3) is 1.99. The third-order valence-electron chi connectivity index (χ3n) is 2.04. The maximum absolute atomic E-state index is 10.1. The molecule has 1 fully saturated rings. The van der Waals surface area contributed by atoms with Crippen LogP contribution in [0.2, 0.25) is 0 Å². The summed E-state index contributed by atoms with van der Waals surface area (Å²) < 4.78 is 0. The zero-order valence-electron chi connectivity index (χ0n) is 5.92. The van der Waals surface area contributed by atoms with Gasteiger partial charge in [0.05, 0.1) is 0 Å². The molecular weight excluding hydrogens is 130 g/mol. The molecule has 0 spiro atoms. The molecule has 0 bridgehead atoms. The molecule has 0 heterocycles. The van der Waals surface area contributed by atoms with Crippen LogP contribution in [0.15, 0.2) is 0 Å². The zero-order chi connectivity index (χ0) is 7.56. The highest BCUT2D eigenvalue weighted by Crippen LogP contribution is 2.29. The normalized spacial score (nSPS) is 31.3. The van der Waals surface area contributed by atoms with Gasteiger partial charge in [0.2, 0.25) is 0 Å². The predicted molar refractivity (Wildman–Crippen MR) is 37.6 cm³/mol. The molecule has 0 radical (unpaired) electrons. The molecule has 0 amide bonds. The molecule has 10 heavy (non-hydrogen) atoms. The lowest BCUT2D eigenvalue weighted by Gasteiger charge is -2.31. The van der Waals surface area contributed by atoms with Gasteiger partial charge in [0.15, 0.2) is 0 Å². The van der Waals surface area contributed by atoms with E-state index in [1.807, 2.05) is 0 Å². The van der Waals surface area contributed by atoms with Crippen molar-refractivity contribution >= 4 is 5.97 Å². The Hall–Kier alpha value is -0.570. The van der Waals surface area contributed by atoms with Crippen LogP contribution in [0.4, 0.5) is 0 Å². The number of hydrogen-bond donors (Lipinski definition) is 2. The van der Waals surface area contributed by atoms with Crippen molar-refractivity contribution in [1.29, 1.82) is 0 Å². The van der Waals surface area contributed by atoms with Crippen LogP contribution >= 0.6 is 0 Å². The summed E-state index contributed by atoms with van der Waals surface area (Å²) in [7, 11) is 0. The first-order valence-electron chi connectivity index (χ1n) is 3.66. The van der Waals surface area contributed by atoms with Crippen molar-refractivity contribution in [3.63, 3.8) is 0 Å². The average Bonchev–Trinajstić information content (AvgIpc) is 1.77. The maximum atomic E-state index is 10.1. The van der Waals surface area contributed by atoms with Crippen LogP contribution in [0.3, 0.4) is 0 Å². The van der Waals surface area contributed by atoms with Crippen molar-refractivity contribution < 1.29 is 9.90 Å². The van der Waals surface area contributed by atoms with E-state index in [0.29, 0.717) is 18.4 Å². The van der Waals surface area contributed by atoms with Gasteiger partial charge in [0.1, 0.15) is 0 Å². The van der Waals surface area contributed by atoms with Gasteiger partial charge >= 0.3 is 5.97 Å². The van der Waals surface area contributed by atoms with Gasteiger partial charge < -0.3 is 10.8 Å². The van der Waals surface area contributed by atoms with Gasteiger partial charge in [-0.25, -0.2) is 0 Å². The minimum Gasteiger partial charge on any atom is -0.481 e. The molecule has 1 saturated carbocycles. The Labute approximate surface area is 60.2 Å². The van der Waals surface area contributed by atoms with E-state index in [1.54, 1.807) is 0 Å². The van der Waals surface area contributed by atoms with Crippen LogP contribution in [-0.2, 0) is 4.79 Å². The van der Waals surface area contributed by atoms with E-state index < -0.39 is 5.97 Å². The Balaban J connectivity index is 2.00. The lowest BCUT2D eigenvalue weighted by molar-refractivity contribution is -0.137. The number of hydrogen-bond acceptors (Lipinski definition) is 2. The highest BCUT2D eigenvalue weighted by Gasteiger charge is 2.25. The number of carbonyl (C=O) groups is 1. The molecule has 0 unspecified atom stereocenters. The summed E-state index contributed by atoms with van der Waals surface area (Å²) in [6, 6.07) is 0.346. The fourth-order valence-corrected chi connectivity index (χ4v) is 1.35. The van der Waals surface area contributed by atoms with Gasteiger partial charge in [-0.15, -0.1) is 0 Å². The Morgan fingerprint density at radius 2 is 2.20 bits per heavy atom. The highest BCUT2D eigenvalue weighted by atomic mass is 16.4. The van der Waals surface area contributed by atoms with E-state index in [9.17, 15) is 4.79 Å². The Morgan fingerprint density at radius 3 is 2.60 bits per heavy atom. The molecule has 3 nitrogen and oxygen atoms in total. The van der Waals surface area contributed by atoms with Crippen LogP contribution < -0.4 is 5.73 Å². The van der Waals surface area contributed by atoms with Crippen molar-refractivity contribution in [2.45, 2.75) is 31.7 Å². The zero-order valence-corrected chi connectivity index (χ0v) is 5.92. The molecule has 1 rings (SSSR count). The molecule has 0 aromatic rings.